The molecule has 0 fully saturated rings. The summed E-state index contributed by atoms with van der Waals surface area (Å²) in [5, 5.41) is 0. The van der Waals surface area contributed by atoms with Crippen LogP contribution in [0.3, 0.4) is 0 Å². The molecule has 9 heteroatoms. The van der Waals surface area contributed by atoms with E-state index in [2.05, 4.69) is 14.7 Å². The maximum atomic E-state index is 13.1. The quantitative estimate of drug-likeness (QED) is 0.395. The van der Waals surface area contributed by atoms with E-state index in [4.69, 9.17) is 17.2 Å². The lowest BCUT2D eigenvalue weighted by atomic mass is 10.1. The van der Waals surface area contributed by atoms with Crippen LogP contribution < -0.4 is 17.2 Å². The Kier molecular flexibility index (Phi) is 4.35. The topological polar surface area (TPSA) is 129 Å². The minimum absolute atomic E-state index is 0.256. The first-order valence-electron chi connectivity index (χ1n) is 4.86. The molecule has 0 atom stereocenters. The lowest BCUT2D eigenvalue weighted by Gasteiger charge is -2.05. The predicted octanol–water partition coefficient (Wildman–Crippen LogP) is -0.0290. The van der Waals surface area contributed by atoms with Crippen molar-refractivity contribution in [2.75, 3.05) is 7.11 Å². The second-order valence-corrected chi connectivity index (χ2v) is 3.28. The van der Waals surface area contributed by atoms with Crippen molar-refractivity contribution in [3.05, 3.63) is 29.3 Å². The average Bonchev–Trinajstić information content (AvgIpc) is 2.31. The van der Waals surface area contributed by atoms with Crippen molar-refractivity contribution in [3.63, 3.8) is 0 Å². The third kappa shape index (κ3) is 3.63. The molecule has 0 bridgehead atoms. The number of guanidine groups is 2. The van der Waals surface area contributed by atoms with E-state index >= 15 is 0 Å². The number of nitrogens with two attached hydrogens (primary N) is 3. The summed E-state index contributed by atoms with van der Waals surface area (Å²) in [5.41, 5.74) is 14.9. The van der Waals surface area contributed by atoms with E-state index in [1.54, 1.807) is 0 Å². The van der Waals surface area contributed by atoms with Gasteiger partial charge in [0.2, 0.25) is 5.96 Å². The second-order valence-electron chi connectivity index (χ2n) is 3.28. The minimum atomic E-state index is -1.22. The number of esters is 1. The first-order valence-corrected chi connectivity index (χ1v) is 4.86. The number of nitrogens with zero attached hydrogens (tertiary/aromatic N) is 2. The Morgan fingerprint density at radius 2 is 1.79 bits per heavy atom. The summed E-state index contributed by atoms with van der Waals surface area (Å²) in [7, 11) is 1.08. The zero-order chi connectivity index (χ0) is 14.6. The molecule has 0 aliphatic carbocycles. The number of methoxy groups -OCH3 is 1. The number of aliphatic imine (C=N–C) groups is 2. The lowest BCUT2D eigenvalue weighted by Crippen LogP contribution is -2.26. The van der Waals surface area contributed by atoms with Crippen LogP contribution in [0.25, 0.3) is 0 Å². The standard InChI is InChI=1S/C10H11F2N5O2/c1-19-8(18)4-2-5(11)6(12)3-7(4)16-10(15)17-9(13)14/h2-3H,1H3,(H6,13,14,15,16,17). The van der Waals surface area contributed by atoms with Crippen LogP contribution in [0.15, 0.2) is 22.1 Å². The molecule has 0 saturated carbocycles. The van der Waals surface area contributed by atoms with Gasteiger partial charge >= 0.3 is 5.97 Å². The van der Waals surface area contributed by atoms with Crippen molar-refractivity contribution >= 4 is 23.6 Å². The number of hydrogen-bond acceptors (Lipinski definition) is 3. The second kappa shape index (κ2) is 5.76. The Bertz CT molecular complexity index is 567. The van der Waals surface area contributed by atoms with Crippen molar-refractivity contribution in [1.82, 2.24) is 0 Å². The molecule has 7 nitrogen and oxygen atoms in total. The van der Waals surface area contributed by atoms with Crippen LogP contribution in [0.5, 0.6) is 0 Å². The van der Waals surface area contributed by atoms with Crippen LogP contribution in [0.1, 0.15) is 10.4 Å². The molecule has 102 valence electrons. The number of rotatable bonds is 2. The van der Waals surface area contributed by atoms with Gasteiger partial charge < -0.3 is 21.9 Å². The molecular formula is C10H11F2N5O2. The molecule has 19 heavy (non-hydrogen) atoms. The molecule has 0 heterocycles. The minimum Gasteiger partial charge on any atom is -0.465 e. The van der Waals surface area contributed by atoms with Crippen molar-refractivity contribution in [1.29, 1.82) is 0 Å². The number of hydrogen-bond donors (Lipinski definition) is 3. The zero-order valence-corrected chi connectivity index (χ0v) is 9.85. The van der Waals surface area contributed by atoms with Crippen LogP contribution in [0.2, 0.25) is 0 Å². The van der Waals surface area contributed by atoms with Gasteiger partial charge in [0.05, 0.1) is 18.4 Å². The number of carbonyl (C=O) groups is 1. The summed E-state index contributed by atoms with van der Waals surface area (Å²) in [6.07, 6.45) is 0. The SMILES string of the molecule is COC(=O)c1cc(F)c(F)cc1N=C(N)N=C(N)N. The van der Waals surface area contributed by atoms with E-state index in [9.17, 15) is 13.6 Å². The summed E-state index contributed by atoms with van der Waals surface area (Å²) in [6.45, 7) is 0. The Morgan fingerprint density at radius 3 is 2.32 bits per heavy atom. The molecule has 0 aromatic heterocycles. The van der Waals surface area contributed by atoms with E-state index < -0.39 is 23.6 Å². The van der Waals surface area contributed by atoms with Crippen LogP contribution in [0, 0.1) is 11.6 Å². The number of benzene rings is 1. The summed E-state index contributed by atoms with van der Waals surface area (Å²) in [5.74, 6) is -4.13. The van der Waals surface area contributed by atoms with Crippen molar-refractivity contribution in [2.24, 2.45) is 27.2 Å². The molecule has 0 unspecified atom stereocenters. The predicted molar refractivity (Wildman–Crippen MR) is 64.8 cm³/mol. The highest BCUT2D eigenvalue weighted by molar-refractivity contribution is 5.98. The first-order chi connectivity index (χ1) is 8.85. The third-order valence-electron chi connectivity index (χ3n) is 1.92. The highest BCUT2D eigenvalue weighted by Gasteiger charge is 2.16. The van der Waals surface area contributed by atoms with Gasteiger partial charge in [0.1, 0.15) is 0 Å². The smallest absolute Gasteiger partial charge is 0.340 e. The van der Waals surface area contributed by atoms with Crippen molar-refractivity contribution in [3.8, 4) is 0 Å². The van der Waals surface area contributed by atoms with Gasteiger partial charge in [0.15, 0.2) is 17.6 Å². The molecule has 0 amide bonds. The van der Waals surface area contributed by atoms with Crippen LogP contribution in [-0.2, 0) is 4.74 Å². The van der Waals surface area contributed by atoms with E-state index in [1.165, 1.54) is 0 Å². The summed E-state index contributed by atoms with van der Waals surface area (Å²) in [4.78, 5) is 18.4. The number of ether oxygens (including phenoxy) is 1. The van der Waals surface area contributed by atoms with Crippen LogP contribution in [0.4, 0.5) is 14.5 Å². The summed E-state index contributed by atoms with van der Waals surface area (Å²) in [6, 6.07) is 1.32. The highest BCUT2D eigenvalue weighted by Crippen LogP contribution is 2.23. The number of carbonyl (C=O) groups excluding carboxylic acids is 1. The van der Waals surface area contributed by atoms with Crippen molar-refractivity contribution < 1.29 is 18.3 Å². The van der Waals surface area contributed by atoms with Crippen LogP contribution >= 0.6 is 0 Å². The largest absolute Gasteiger partial charge is 0.465 e. The third-order valence-corrected chi connectivity index (χ3v) is 1.92. The molecule has 0 saturated heterocycles. The monoisotopic (exact) mass is 271 g/mol. The van der Waals surface area contributed by atoms with E-state index in [-0.39, 0.29) is 17.2 Å². The summed E-state index contributed by atoms with van der Waals surface area (Å²) < 4.78 is 30.6. The molecule has 0 aliphatic rings. The van der Waals surface area contributed by atoms with Crippen molar-refractivity contribution in [2.45, 2.75) is 0 Å². The van der Waals surface area contributed by atoms with E-state index in [1.807, 2.05) is 0 Å². The van der Waals surface area contributed by atoms with Gasteiger partial charge in [0, 0.05) is 6.07 Å². The van der Waals surface area contributed by atoms with Gasteiger partial charge in [-0.15, -0.1) is 0 Å². The van der Waals surface area contributed by atoms with E-state index in [0.29, 0.717) is 12.1 Å². The van der Waals surface area contributed by atoms with Gasteiger partial charge in [-0.2, -0.15) is 4.99 Å². The first kappa shape index (κ1) is 14.4. The van der Waals surface area contributed by atoms with Gasteiger partial charge in [-0.3, -0.25) is 0 Å². The molecule has 6 N–H and O–H groups in total. The highest BCUT2D eigenvalue weighted by atomic mass is 19.2. The maximum Gasteiger partial charge on any atom is 0.340 e. The molecule has 1 aromatic rings. The molecule has 1 aromatic carbocycles. The Morgan fingerprint density at radius 1 is 1.21 bits per heavy atom. The van der Waals surface area contributed by atoms with Gasteiger partial charge in [-0.1, -0.05) is 0 Å². The molecular weight excluding hydrogens is 260 g/mol. The van der Waals surface area contributed by atoms with Gasteiger partial charge in [-0.25, -0.2) is 18.6 Å². The molecule has 1 rings (SSSR count). The average molecular weight is 271 g/mol. The fourth-order valence-electron chi connectivity index (χ4n) is 1.18. The Labute approximate surface area is 106 Å². The Hall–Kier alpha value is -2.71. The lowest BCUT2D eigenvalue weighted by molar-refractivity contribution is 0.0601. The van der Waals surface area contributed by atoms with E-state index in [0.717, 1.165) is 7.11 Å². The normalized spacial score (nSPS) is 11.0. The zero-order valence-electron chi connectivity index (χ0n) is 9.85. The van der Waals surface area contributed by atoms with Crippen LogP contribution in [-0.4, -0.2) is 25.0 Å². The fourth-order valence-corrected chi connectivity index (χ4v) is 1.18. The summed E-state index contributed by atoms with van der Waals surface area (Å²) >= 11 is 0. The molecule has 0 radical (unpaired) electrons. The Balaban J connectivity index is 3.37. The number of halogens is 2. The molecule has 0 spiro atoms. The fraction of sp³-hybridized carbons (Fsp3) is 0.100. The molecule has 0 aliphatic heterocycles. The van der Waals surface area contributed by atoms with Gasteiger partial charge in [0.25, 0.3) is 0 Å². The van der Waals surface area contributed by atoms with Gasteiger partial charge in [-0.05, 0) is 6.07 Å². The maximum absolute atomic E-state index is 13.1.